The van der Waals surface area contributed by atoms with Crippen molar-refractivity contribution in [3.8, 4) is 6.07 Å². The Balaban J connectivity index is 2.09. The number of benzene rings is 1. The van der Waals surface area contributed by atoms with Crippen molar-refractivity contribution in [2.45, 2.75) is 45.3 Å². The third-order valence-electron chi connectivity index (χ3n) is 3.93. The highest BCUT2D eigenvalue weighted by Crippen LogP contribution is 2.38. The second-order valence-corrected chi connectivity index (χ2v) is 6.11. The second-order valence-electron chi connectivity index (χ2n) is 6.11. The van der Waals surface area contributed by atoms with Crippen molar-refractivity contribution in [2.75, 3.05) is 0 Å². The molecule has 0 atom stereocenters. The second kappa shape index (κ2) is 4.92. The molecule has 1 aromatic carbocycles. The molecule has 1 fully saturated rings. The third-order valence-corrected chi connectivity index (χ3v) is 3.93. The zero-order valence-electron chi connectivity index (χ0n) is 11.9. The number of rotatable bonds is 3. The van der Waals surface area contributed by atoms with Gasteiger partial charge in [0.2, 0.25) is 0 Å². The van der Waals surface area contributed by atoms with Crippen LogP contribution in [0.3, 0.4) is 0 Å². The molecule has 1 aliphatic carbocycles. The van der Waals surface area contributed by atoms with Crippen molar-refractivity contribution < 1.29 is 5.11 Å². The molecule has 20 heavy (non-hydrogen) atoms. The molecule has 104 valence electrons. The average Bonchev–Trinajstić information content (AvgIpc) is 2.72. The molecule has 0 aliphatic heterocycles. The van der Waals surface area contributed by atoms with Gasteiger partial charge in [-0.15, -0.1) is 0 Å². The maximum absolute atomic E-state index is 9.53. The first-order valence-corrected chi connectivity index (χ1v) is 7.17. The number of aliphatic hydroxyl groups is 1. The number of fused-ring (bicyclic) bond motifs is 1. The normalized spacial score (nSPS) is 21.9. The van der Waals surface area contributed by atoms with Crippen molar-refractivity contribution in [3.63, 3.8) is 0 Å². The molecule has 0 saturated heterocycles. The summed E-state index contributed by atoms with van der Waals surface area (Å²) in [6.07, 6.45) is 1.42. The highest BCUT2D eigenvalue weighted by atomic mass is 16.3. The monoisotopic (exact) mass is 269 g/mol. The summed E-state index contributed by atoms with van der Waals surface area (Å²) in [4.78, 5) is 4.73. The van der Waals surface area contributed by atoms with E-state index in [9.17, 15) is 5.11 Å². The van der Waals surface area contributed by atoms with Gasteiger partial charge >= 0.3 is 0 Å². The Bertz CT molecular complexity index is 675. The molecule has 3 rings (SSSR count). The van der Waals surface area contributed by atoms with E-state index in [0.717, 1.165) is 36.2 Å². The van der Waals surface area contributed by atoms with E-state index in [0.29, 0.717) is 17.4 Å². The lowest BCUT2D eigenvalue weighted by Gasteiger charge is -2.31. The molecule has 4 heteroatoms. The molecule has 0 radical (unpaired) electrons. The van der Waals surface area contributed by atoms with E-state index < -0.39 is 0 Å². The van der Waals surface area contributed by atoms with Crippen LogP contribution in [0.5, 0.6) is 0 Å². The van der Waals surface area contributed by atoms with Crippen molar-refractivity contribution in [3.05, 3.63) is 29.6 Å². The van der Waals surface area contributed by atoms with Gasteiger partial charge in [-0.05, 0) is 37.0 Å². The van der Waals surface area contributed by atoms with E-state index in [4.69, 9.17) is 10.2 Å². The van der Waals surface area contributed by atoms with Crippen LogP contribution in [0.1, 0.15) is 44.0 Å². The topological polar surface area (TPSA) is 61.8 Å². The molecule has 1 saturated carbocycles. The van der Waals surface area contributed by atoms with Crippen LogP contribution in [-0.4, -0.2) is 20.8 Å². The largest absolute Gasteiger partial charge is 0.393 e. The summed E-state index contributed by atoms with van der Waals surface area (Å²) in [6.45, 7) is 5.30. The first-order valence-electron chi connectivity index (χ1n) is 7.17. The van der Waals surface area contributed by atoms with Gasteiger partial charge in [0.15, 0.2) is 0 Å². The highest BCUT2D eigenvalue weighted by molar-refractivity contribution is 5.78. The molecule has 0 unspecified atom stereocenters. The van der Waals surface area contributed by atoms with Crippen LogP contribution in [0.4, 0.5) is 0 Å². The summed E-state index contributed by atoms with van der Waals surface area (Å²) in [5.74, 6) is 1.95. The number of hydrogen-bond donors (Lipinski definition) is 1. The minimum Gasteiger partial charge on any atom is -0.393 e. The number of nitrogens with zero attached hydrogens (tertiary/aromatic N) is 3. The fourth-order valence-corrected chi connectivity index (χ4v) is 2.89. The summed E-state index contributed by atoms with van der Waals surface area (Å²) in [6, 6.07) is 7.85. The maximum Gasteiger partial charge on any atom is 0.113 e. The Morgan fingerprint density at radius 3 is 2.80 bits per heavy atom. The first-order chi connectivity index (χ1) is 9.58. The molecule has 1 N–H and O–H groups in total. The molecular weight excluding hydrogens is 250 g/mol. The van der Waals surface area contributed by atoms with Gasteiger partial charge in [-0.1, -0.05) is 13.8 Å². The molecular formula is C16H19N3O. The van der Waals surface area contributed by atoms with E-state index in [-0.39, 0.29) is 6.10 Å². The SMILES string of the molecule is CC(C)Cn1c(C2CC(O)C2)nc2cc(C#N)ccc21. The average molecular weight is 269 g/mol. The fraction of sp³-hybridized carbons (Fsp3) is 0.500. The van der Waals surface area contributed by atoms with Crippen LogP contribution in [0.25, 0.3) is 11.0 Å². The van der Waals surface area contributed by atoms with E-state index >= 15 is 0 Å². The summed E-state index contributed by atoms with van der Waals surface area (Å²) in [7, 11) is 0. The van der Waals surface area contributed by atoms with Crippen molar-refractivity contribution in [1.82, 2.24) is 9.55 Å². The first kappa shape index (κ1) is 13.1. The number of imidazole rings is 1. The number of hydrogen-bond acceptors (Lipinski definition) is 3. The van der Waals surface area contributed by atoms with E-state index in [2.05, 4.69) is 24.5 Å². The molecule has 0 spiro atoms. The minimum atomic E-state index is -0.179. The minimum absolute atomic E-state index is 0.179. The van der Waals surface area contributed by atoms with Gasteiger partial charge in [0.05, 0.1) is 28.8 Å². The van der Waals surface area contributed by atoms with Gasteiger partial charge in [0.1, 0.15) is 5.82 Å². The zero-order chi connectivity index (χ0) is 14.3. The van der Waals surface area contributed by atoms with Gasteiger partial charge < -0.3 is 9.67 Å². The van der Waals surface area contributed by atoms with E-state index in [1.807, 2.05) is 18.2 Å². The molecule has 0 amide bonds. The Morgan fingerprint density at radius 1 is 1.45 bits per heavy atom. The lowest BCUT2D eigenvalue weighted by Crippen LogP contribution is -2.29. The summed E-state index contributed by atoms with van der Waals surface area (Å²) in [5.41, 5.74) is 2.63. The maximum atomic E-state index is 9.53. The van der Waals surface area contributed by atoms with Crippen LogP contribution < -0.4 is 0 Å². The fourth-order valence-electron chi connectivity index (χ4n) is 2.89. The lowest BCUT2D eigenvalue weighted by atomic mass is 9.82. The van der Waals surface area contributed by atoms with Crippen LogP contribution in [0.15, 0.2) is 18.2 Å². The Kier molecular flexibility index (Phi) is 3.23. The highest BCUT2D eigenvalue weighted by Gasteiger charge is 2.32. The van der Waals surface area contributed by atoms with Gasteiger partial charge in [-0.3, -0.25) is 0 Å². The number of nitriles is 1. The molecule has 1 aliphatic rings. The molecule has 1 heterocycles. The predicted molar refractivity (Wildman–Crippen MR) is 77.3 cm³/mol. The van der Waals surface area contributed by atoms with Gasteiger partial charge in [0.25, 0.3) is 0 Å². The quantitative estimate of drug-likeness (QED) is 0.932. The zero-order valence-corrected chi connectivity index (χ0v) is 11.9. The van der Waals surface area contributed by atoms with Gasteiger partial charge in [0, 0.05) is 12.5 Å². The summed E-state index contributed by atoms with van der Waals surface area (Å²) < 4.78 is 2.26. The van der Waals surface area contributed by atoms with Crippen LogP contribution >= 0.6 is 0 Å². The smallest absolute Gasteiger partial charge is 0.113 e. The molecule has 1 aromatic heterocycles. The summed E-state index contributed by atoms with van der Waals surface area (Å²) >= 11 is 0. The van der Waals surface area contributed by atoms with E-state index in [1.54, 1.807) is 0 Å². The van der Waals surface area contributed by atoms with Crippen LogP contribution in [-0.2, 0) is 6.54 Å². The van der Waals surface area contributed by atoms with Gasteiger partial charge in [-0.25, -0.2) is 4.98 Å². The van der Waals surface area contributed by atoms with Crippen LogP contribution in [0.2, 0.25) is 0 Å². The molecule has 2 aromatic rings. The predicted octanol–water partition coefficient (Wildman–Crippen LogP) is 2.80. The van der Waals surface area contributed by atoms with E-state index in [1.165, 1.54) is 0 Å². The summed E-state index contributed by atoms with van der Waals surface area (Å²) in [5, 5.41) is 18.5. The lowest BCUT2D eigenvalue weighted by molar-refractivity contribution is 0.0704. The third kappa shape index (κ3) is 2.19. The molecule has 0 bridgehead atoms. The Hall–Kier alpha value is -1.86. The number of aliphatic hydroxyl groups excluding tert-OH is 1. The van der Waals surface area contributed by atoms with Gasteiger partial charge in [-0.2, -0.15) is 5.26 Å². The van der Waals surface area contributed by atoms with Crippen LogP contribution in [0, 0.1) is 17.2 Å². The number of aromatic nitrogens is 2. The standard InChI is InChI=1S/C16H19N3O/c1-10(2)9-19-15-4-3-11(8-17)5-14(15)18-16(19)12-6-13(20)7-12/h3-5,10,12-13,20H,6-7,9H2,1-2H3. The van der Waals surface area contributed by atoms with Crippen molar-refractivity contribution in [1.29, 1.82) is 5.26 Å². The Labute approximate surface area is 118 Å². The Morgan fingerprint density at radius 2 is 2.20 bits per heavy atom. The van der Waals surface area contributed by atoms with Crippen molar-refractivity contribution >= 4 is 11.0 Å². The van der Waals surface area contributed by atoms with Crippen molar-refractivity contribution in [2.24, 2.45) is 5.92 Å². The molecule has 4 nitrogen and oxygen atoms in total.